The van der Waals surface area contributed by atoms with E-state index in [-0.39, 0.29) is 86.4 Å². The predicted octanol–water partition coefficient (Wildman–Crippen LogP) is 16.1. The Morgan fingerprint density at radius 1 is 0.355 bits per heavy atom. The van der Waals surface area contributed by atoms with Crippen LogP contribution in [0.4, 0.5) is 4.79 Å². The van der Waals surface area contributed by atoms with Crippen LogP contribution < -0.4 is 0 Å². The summed E-state index contributed by atoms with van der Waals surface area (Å²) in [5.41, 5.74) is 1.05. The molecule has 18 aliphatic carbocycles. The predicted molar refractivity (Wildman–Crippen MR) is 397 cm³/mol. The molecular weight excluding hydrogens is 1360 g/mol. The van der Waals surface area contributed by atoms with Crippen LogP contribution in [0.3, 0.4) is 0 Å². The summed E-state index contributed by atoms with van der Waals surface area (Å²) >= 11 is 0. The molecule has 18 aliphatic rings. The number of fused-ring (bicyclic) bond motifs is 11. The van der Waals surface area contributed by atoms with Crippen LogP contribution in [0, 0.1) is 118 Å². The number of carbonyl (C=O) groups excluding carboxylic acids is 9. The molecule has 12 atom stereocenters. The van der Waals surface area contributed by atoms with Gasteiger partial charge >= 0.3 is 47.9 Å². The summed E-state index contributed by atoms with van der Waals surface area (Å²) in [7, 11) is 0. The number of ketones is 1. The first-order chi connectivity index (χ1) is 50.7. The largest absolute Gasteiger partial charge is 0.508 e. The molecule has 0 aliphatic heterocycles. The van der Waals surface area contributed by atoms with Crippen LogP contribution in [-0.2, 0) is 90.5 Å². The fourth-order valence-electron chi connectivity index (χ4n) is 24.3. The molecule has 0 aromatic carbocycles. The van der Waals surface area contributed by atoms with E-state index < -0.39 is 36.6 Å². The summed E-state index contributed by atoms with van der Waals surface area (Å²) in [6, 6.07) is 0. The zero-order valence-electron chi connectivity index (χ0n) is 65.8. The molecule has 0 heterocycles. The molecule has 18 fully saturated rings. The maximum absolute atomic E-state index is 12.6. The second kappa shape index (κ2) is 35.0. The number of Topliss-reactive ketones (excluding diaryl/α,β-unsaturated/α-hetero) is 1. The standard InChI is InChI=1S/C21H30O6.C18H26O5.C18H26O3.C17H24O3.C13H20O3/c1-13(2)20(24)26-7-6-25-18(22)4-5-19(23)27-21(3)16-9-14-8-15(11-16)12-17(21)10-14;1-11(2)16(19)21-4-5-22-17(20)23-18(3)14-7-12-6-13(9-14)10-15(18)8-12;1-9(2)18(19)21-10(3)20-15-8-13-7-14(15)17-12-5-4-11(6-12)16(13)17;1-11(2)16(19)20-4-3-15(18)17-8-12-5-13(9-17)7-14(6-12)10-17;1-8(2)13(14)16-9(3)15-12-7-10-4-5-11(12)6-10/h14-17H,1,4-12H2,2-3H3;12-15H,1,4-10H2,2-3H3;10-17H,1,4-8H2,2-3H3;12-14H,1,3-10H2,2H3;9-12H,1,4-7H2,2-3H3. The monoisotopic (exact) mass is 1490 g/mol. The molecule has 18 bridgehead atoms. The van der Waals surface area contributed by atoms with Crippen LogP contribution >= 0.6 is 0 Å². The average molecular weight is 1490 g/mol. The lowest BCUT2D eigenvalue weighted by Gasteiger charge is -2.59. The summed E-state index contributed by atoms with van der Waals surface area (Å²) in [4.78, 5) is 105. The number of esters is 7. The van der Waals surface area contributed by atoms with Crippen LogP contribution in [0.2, 0.25) is 0 Å². The van der Waals surface area contributed by atoms with Gasteiger partial charge in [0, 0.05) is 39.7 Å². The van der Waals surface area contributed by atoms with Crippen molar-refractivity contribution in [1.82, 2.24) is 0 Å². The van der Waals surface area contributed by atoms with Crippen LogP contribution in [0.1, 0.15) is 242 Å². The Morgan fingerprint density at radius 3 is 1.21 bits per heavy atom. The van der Waals surface area contributed by atoms with Gasteiger partial charge in [-0.3, -0.25) is 14.4 Å². The Kier molecular flexibility index (Phi) is 26.8. The lowest BCUT2D eigenvalue weighted by atomic mass is 9.48. The third-order valence-electron chi connectivity index (χ3n) is 28.4. The number of ether oxygens (including phenoxy) is 11. The fraction of sp³-hybridized carbons (Fsp3) is 0.782. The van der Waals surface area contributed by atoms with Gasteiger partial charge in [0.2, 0.25) is 12.6 Å². The van der Waals surface area contributed by atoms with Gasteiger partial charge < -0.3 is 52.1 Å². The molecule has 20 heteroatoms. The second-order valence-corrected chi connectivity index (χ2v) is 36.4. The highest BCUT2D eigenvalue weighted by atomic mass is 16.7. The van der Waals surface area contributed by atoms with Gasteiger partial charge in [-0.15, -0.1) is 0 Å². The van der Waals surface area contributed by atoms with Gasteiger partial charge in [-0.05, 0) is 335 Å². The maximum atomic E-state index is 12.6. The second-order valence-electron chi connectivity index (χ2n) is 36.4. The number of hydrogen-bond donors (Lipinski definition) is 0. The molecular formula is C87H126O20. The van der Waals surface area contributed by atoms with Gasteiger partial charge in [0.1, 0.15) is 43.4 Å². The van der Waals surface area contributed by atoms with E-state index in [9.17, 15) is 43.2 Å². The van der Waals surface area contributed by atoms with Gasteiger partial charge in [0.25, 0.3) is 0 Å². The highest BCUT2D eigenvalue weighted by Gasteiger charge is 2.64. The summed E-state index contributed by atoms with van der Waals surface area (Å²) in [6.07, 6.45) is 30.8. The van der Waals surface area contributed by atoms with Crippen molar-refractivity contribution < 1.29 is 95.3 Å². The first-order valence-corrected chi connectivity index (χ1v) is 41.0. The maximum Gasteiger partial charge on any atom is 0.508 e. The van der Waals surface area contributed by atoms with E-state index in [1.165, 1.54) is 135 Å². The number of rotatable bonds is 26. The number of carbonyl (C=O) groups is 9. The smallest absolute Gasteiger partial charge is 0.462 e. The van der Waals surface area contributed by atoms with E-state index in [0.717, 1.165) is 109 Å². The van der Waals surface area contributed by atoms with Crippen molar-refractivity contribution in [2.24, 2.45) is 118 Å². The SMILES string of the molecule is C=C(C)C(=O)OC(C)OC1CC2CC1C1C3CCC(C3)C21.C=C(C)C(=O)OC(C)OC1CC2CCC1C2.C=C(C)C(=O)OCCC(=O)C12CC3CC(CC(C3)C1)C2.C=C(C)C(=O)OCCOC(=O)CCC(=O)OC1(C)C2CC3CC(C2)CC1C3.C=C(C)C(=O)OCCOC(=O)OC1(C)C2CC3CC(C2)CC1C3. The summed E-state index contributed by atoms with van der Waals surface area (Å²) in [5.74, 6) is 12.0. The Hall–Kier alpha value is -6.15. The summed E-state index contributed by atoms with van der Waals surface area (Å²) in [6.45, 7) is 33.7. The molecule has 107 heavy (non-hydrogen) atoms. The summed E-state index contributed by atoms with van der Waals surface area (Å²) < 4.78 is 58.8. The molecule has 0 radical (unpaired) electrons. The van der Waals surface area contributed by atoms with Crippen LogP contribution in [0.25, 0.3) is 0 Å². The molecule has 0 N–H and O–H groups in total. The van der Waals surface area contributed by atoms with E-state index in [4.69, 9.17) is 52.1 Å². The van der Waals surface area contributed by atoms with E-state index in [1.807, 2.05) is 6.92 Å². The topological polar surface area (TPSA) is 255 Å². The van der Waals surface area contributed by atoms with Crippen LogP contribution in [0.15, 0.2) is 60.8 Å². The highest BCUT2D eigenvalue weighted by molar-refractivity contribution is 5.89. The third kappa shape index (κ3) is 19.8. The van der Waals surface area contributed by atoms with Gasteiger partial charge in [-0.1, -0.05) is 32.9 Å². The molecule has 0 amide bonds. The molecule has 0 saturated heterocycles. The molecule has 20 nitrogen and oxygen atoms in total. The summed E-state index contributed by atoms with van der Waals surface area (Å²) in [5, 5.41) is 0. The molecule has 594 valence electrons. The Balaban J connectivity index is 0.000000134. The van der Waals surface area contributed by atoms with Gasteiger partial charge in [-0.2, -0.15) is 0 Å². The Labute approximate surface area is 635 Å². The van der Waals surface area contributed by atoms with Crippen LogP contribution in [-0.4, -0.2) is 123 Å². The van der Waals surface area contributed by atoms with Crippen molar-refractivity contribution >= 4 is 53.7 Å². The van der Waals surface area contributed by atoms with Crippen LogP contribution in [0.5, 0.6) is 0 Å². The van der Waals surface area contributed by atoms with Gasteiger partial charge in [0.05, 0.1) is 31.7 Å². The van der Waals surface area contributed by atoms with Crippen molar-refractivity contribution in [3.8, 4) is 0 Å². The van der Waals surface area contributed by atoms with Crippen molar-refractivity contribution in [2.75, 3.05) is 33.0 Å². The van der Waals surface area contributed by atoms with Crippen molar-refractivity contribution in [3.05, 3.63) is 60.8 Å². The van der Waals surface area contributed by atoms with Gasteiger partial charge in [-0.25, -0.2) is 28.8 Å². The van der Waals surface area contributed by atoms with Gasteiger partial charge in [0.15, 0.2) is 0 Å². The molecule has 0 aromatic rings. The average Bonchev–Trinajstić information content (AvgIpc) is 1.59. The van der Waals surface area contributed by atoms with Crippen molar-refractivity contribution in [2.45, 2.75) is 278 Å². The minimum absolute atomic E-state index is 0.00845. The zero-order valence-corrected chi connectivity index (χ0v) is 65.8. The lowest BCUT2D eigenvalue weighted by molar-refractivity contribution is -0.203. The molecule has 0 aromatic heterocycles. The molecule has 18 rings (SSSR count). The van der Waals surface area contributed by atoms with Crippen molar-refractivity contribution in [1.29, 1.82) is 0 Å². The van der Waals surface area contributed by atoms with E-state index >= 15 is 0 Å². The quantitative estimate of drug-likeness (QED) is 0.0195. The normalized spacial score (nSPS) is 37.9. The first kappa shape index (κ1) is 81.8. The number of hydrogen-bond acceptors (Lipinski definition) is 20. The Bertz CT molecular complexity index is 3250. The van der Waals surface area contributed by atoms with Crippen molar-refractivity contribution in [3.63, 3.8) is 0 Å². The molecule has 12 unspecified atom stereocenters. The van der Waals surface area contributed by atoms with E-state index in [1.54, 1.807) is 41.5 Å². The van der Waals surface area contributed by atoms with E-state index in [0.29, 0.717) is 81.9 Å². The third-order valence-corrected chi connectivity index (χ3v) is 28.4. The minimum Gasteiger partial charge on any atom is -0.462 e. The molecule has 0 spiro atoms. The zero-order chi connectivity index (χ0) is 77.0. The lowest BCUT2D eigenvalue weighted by Crippen LogP contribution is -2.58. The Morgan fingerprint density at radius 2 is 0.757 bits per heavy atom. The highest BCUT2D eigenvalue weighted by Crippen LogP contribution is 2.68. The molecule has 18 saturated carbocycles. The minimum atomic E-state index is -0.647. The fourth-order valence-corrected chi connectivity index (χ4v) is 24.3. The first-order valence-electron chi connectivity index (χ1n) is 41.0. The van der Waals surface area contributed by atoms with E-state index in [2.05, 4.69) is 46.7 Å².